The van der Waals surface area contributed by atoms with Crippen molar-refractivity contribution in [3.8, 4) is 0 Å². The van der Waals surface area contributed by atoms with Crippen LogP contribution >= 0.6 is 15.9 Å². The molecule has 1 aromatic rings. The van der Waals surface area contributed by atoms with Crippen LogP contribution in [0.4, 0.5) is 17.6 Å². The second-order valence-corrected chi connectivity index (χ2v) is 5.65. The molecule has 1 aliphatic rings. The molecule has 1 aromatic carbocycles. The van der Waals surface area contributed by atoms with Crippen LogP contribution in [0, 0.1) is 5.82 Å². The van der Waals surface area contributed by atoms with Crippen LogP contribution in [0.3, 0.4) is 0 Å². The molecule has 0 saturated carbocycles. The summed E-state index contributed by atoms with van der Waals surface area (Å²) in [5, 5.41) is 3.11. The third-order valence-electron chi connectivity index (χ3n) is 3.35. The summed E-state index contributed by atoms with van der Waals surface area (Å²) in [6, 6.07) is 3.30. The average Bonchev–Trinajstić information content (AvgIpc) is 2.39. The topological polar surface area (TPSA) is 15.3 Å². The van der Waals surface area contributed by atoms with Crippen molar-refractivity contribution in [1.82, 2.24) is 10.2 Å². The van der Waals surface area contributed by atoms with Gasteiger partial charge in [0.25, 0.3) is 0 Å². The van der Waals surface area contributed by atoms with E-state index >= 15 is 0 Å². The summed E-state index contributed by atoms with van der Waals surface area (Å²) in [6.45, 7) is 2.43. The third kappa shape index (κ3) is 4.17. The summed E-state index contributed by atoms with van der Waals surface area (Å²) in [4.78, 5) is 1.80. The first-order chi connectivity index (χ1) is 9.37. The molecule has 1 N–H and O–H groups in total. The molecule has 1 saturated heterocycles. The number of piperazine rings is 1. The monoisotopic (exact) mass is 354 g/mol. The molecule has 0 unspecified atom stereocenters. The van der Waals surface area contributed by atoms with Gasteiger partial charge in [-0.1, -0.05) is 6.07 Å². The Morgan fingerprint density at radius 2 is 1.90 bits per heavy atom. The van der Waals surface area contributed by atoms with Crippen molar-refractivity contribution in [3.63, 3.8) is 0 Å². The standard InChI is InChI=1S/C13H15BrF4N2/c14-10-7-9(1-2-11(10)15)12(8-13(16,17)18)20-5-3-19-4-6-20/h1-2,7,12,19H,3-6,8H2/t12-/m1/s1. The Morgan fingerprint density at radius 3 is 2.45 bits per heavy atom. The summed E-state index contributed by atoms with van der Waals surface area (Å²) >= 11 is 3.03. The smallest absolute Gasteiger partial charge is 0.314 e. The van der Waals surface area contributed by atoms with Crippen LogP contribution in [-0.4, -0.2) is 37.3 Å². The average molecular weight is 355 g/mol. The molecular weight excluding hydrogens is 340 g/mol. The maximum atomic E-state index is 13.2. The number of halogens is 5. The highest BCUT2D eigenvalue weighted by Crippen LogP contribution is 2.35. The molecule has 0 amide bonds. The number of benzene rings is 1. The van der Waals surface area contributed by atoms with Gasteiger partial charge in [0.1, 0.15) is 5.82 Å². The fourth-order valence-electron chi connectivity index (χ4n) is 2.39. The number of hydrogen-bond acceptors (Lipinski definition) is 2. The Hall–Kier alpha value is -0.660. The van der Waals surface area contributed by atoms with Crippen molar-refractivity contribution in [2.75, 3.05) is 26.2 Å². The van der Waals surface area contributed by atoms with Crippen molar-refractivity contribution < 1.29 is 17.6 Å². The first-order valence-electron chi connectivity index (χ1n) is 6.33. The van der Waals surface area contributed by atoms with Gasteiger partial charge in [-0.15, -0.1) is 0 Å². The normalized spacial score (nSPS) is 19.1. The number of nitrogens with one attached hydrogen (secondary N) is 1. The van der Waals surface area contributed by atoms with E-state index in [-0.39, 0.29) is 4.47 Å². The van der Waals surface area contributed by atoms with Gasteiger partial charge in [-0.2, -0.15) is 13.2 Å². The Bertz CT molecular complexity index is 458. The quantitative estimate of drug-likeness (QED) is 0.836. The van der Waals surface area contributed by atoms with Gasteiger partial charge < -0.3 is 5.32 Å². The van der Waals surface area contributed by atoms with Gasteiger partial charge in [-0.25, -0.2) is 4.39 Å². The van der Waals surface area contributed by atoms with Crippen LogP contribution in [0.25, 0.3) is 0 Å². The zero-order valence-electron chi connectivity index (χ0n) is 10.7. The minimum atomic E-state index is -4.25. The molecule has 20 heavy (non-hydrogen) atoms. The number of alkyl halides is 3. The van der Waals surface area contributed by atoms with Gasteiger partial charge in [0.15, 0.2) is 0 Å². The van der Waals surface area contributed by atoms with Crippen LogP contribution in [0.1, 0.15) is 18.0 Å². The fourth-order valence-corrected chi connectivity index (χ4v) is 2.79. The van der Waals surface area contributed by atoms with E-state index in [1.807, 2.05) is 0 Å². The van der Waals surface area contributed by atoms with Crippen LogP contribution in [0.2, 0.25) is 0 Å². The maximum absolute atomic E-state index is 13.2. The van der Waals surface area contributed by atoms with Crippen molar-refractivity contribution in [2.24, 2.45) is 0 Å². The fraction of sp³-hybridized carbons (Fsp3) is 0.538. The van der Waals surface area contributed by atoms with E-state index in [9.17, 15) is 17.6 Å². The molecule has 112 valence electrons. The first-order valence-corrected chi connectivity index (χ1v) is 7.12. The van der Waals surface area contributed by atoms with Crippen LogP contribution in [0.5, 0.6) is 0 Å². The molecule has 1 heterocycles. The molecule has 0 radical (unpaired) electrons. The molecule has 0 spiro atoms. The lowest BCUT2D eigenvalue weighted by molar-refractivity contribution is -0.148. The van der Waals surface area contributed by atoms with E-state index in [0.29, 0.717) is 31.7 Å². The number of nitrogens with zero attached hydrogens (tertiary/aromatic N) is 1. The summed E-state index contributed by atoms with van der Waals surface area (Å²) in [6.07, 6.45) is -5.18. The van der Waals surface area contributed by atoms with Crippen molar-refractivity contribution >= 4 is 15.9 Å². The summed E-state index contributed by atoms with van der Waals surface area (Å²) < 4.78 is 51.8. The van der Waals surface area contributed by atoms with Gasteiger partial charge in [-0.3, -0.25) is 4.90 Å². The van der Waals surface area contributed by atoms with Crippen molar-refractivity contribution in [3.05, 3.63) is 34.1 Å². The van der Waals surface area contributed by atoms with Crippen LogP contribution in [-0.2, 0) is 0 Å². The SMILES string of the molecule is Fc1ccc([C@@H](CC(F)(F)F)N2CCNCC2)cc1Br. The van der Waals surface area contributed by atoms with E-state index in [1.165, 1.54) is 18.2 Å². The molecule has 2 rings (SSSR count). The molecule has 7 heteroatoms. The van der Waals surface area contributed by atoms with E-state index < -0.39 is 24.5 Å². The summed E-state index contributed by atoms with van der Waals surface area (Å²) in [5.41, 5.74) is 0.484. The molecule has 1 aliphatic heterocycles. The summed E-state index contributed by atoms with van der Waals surface area (Å²) in [5.74, 6) is -0.472. The molecule has 0 aliphatic carbocycles. The van der Waals surface area contributed by atoms with E-state index in [2.05, 4.69) is 21.2 Å². The minimum absolute atomic E-state index is 0.192. The van der Waals surface area contributed by atoms with Crippen LogP contribution in [0.15, 0.2) is 22.7 Å². The highest BCUT2D eigenvalue weighted by atomic mass is 79.9. The highest BCUT2D eigenvalue weighted by Gasteiger charge is 2.36. The Kier molecular flexibility index (Phi) is 5.04. The maximum Gasteiger partial charge on any atom is 0.390 e. The van der Waals surface area contributed by atoms with Gasteiger partial charge in [0, 0.05) is 32.2 Å². The third-order valence-corrected chi connectivity index (χ3v) is 3.95. The van der Waals surface area contributed by atoms with E-state index in [0.717, 1.165) is 0 Å². The van der Waals surface area contributed by atoms with Gasteiger partial charge in [-0.05, 0) is 33.6 Å². The zero-order chi connectivity index (χ0) is 14.8. The lowest BCUT2D eigenvalue weighted by atomic mass is 10.0. The number of hydrogen-bond donors (Lipinski definition) is 1. The Morgan fingerprint density at radius 1 is 1.25 bits per heavy atom. The second-order valence-electron chi connectivity index (χ2n) is 4.79. The molecule has 1 fully saturated rings. The molecular formula is C13H15BrF4N2. The predicted molar refractivity (Wildman–Crippen MR) is 72.0 cm³/mol. The molecule has 0 bridgehead atoms. The minimum Gasteiger partial charge on any atom is -0.314 e. The van der Waals surface area contributed by atoms with Gasteiger partial charge in [0.2, 0.25) is 0 Å². The van der Waals surface area contributed by atoms with E-state index in [1.54, 1.807) is 4.90 Å². The Labute approximate surface area is 123 Å². The zero-order valence-corrected chi connectivity index (χ0v) is 12.3. The van der Waals surface area contributed by atoms with Gasteiger partial charge in [0.05, 0.1) is 10.9 Å². The molecule has 0 aromatic heterocycles. The van der Waals surface area contributed by atoms with Crippen molar-refractivity contribution in [2.45, 2.75) is 18.6 Å². The number of rotatable bonds is 3. The van der Waals surface area contributed by atoms with Crippen molar-refractivity contribution in [1.29, 1.82) is 0 Å². The Balaban J connectivity index is 2.26. The lowest BCUT2D eigenvalue weighted by Gasteiger charge is -2.35. The highest BCUT2D eigenvalue weighted by molar-refractivity contribution is 9.10. The lowest BCUT2D eigenvalue weighted by Crippen LogP contribution is -2.46. The summed E-state index contributed by atoms with van der Waals surface area (Å²) in [7, 11) is 0. The predicted octanol–water partition coefficient (Wildman–Crippen LogP) is 3.49. The molecule has 2 nitrogen and oxygen atoms in total. The van der Waals surface area contributed by atoms with Gasteiger partial charge >= 0.3 is 6.18 Å². The first kappa shape index (κ1) is 15.7. The largest absolute Gasteiger partial charge is 0.390 e. The van der Waals surface area contributed by atoms with E-state index in [4.69, 9.17) is 0 Å². The second kappa shape index (κ2) is 6.41. The molecule has 1 atom stereocenters. The van der Waals surface area contributed by atoms with Crippen LogP contribution < -0.4 is 5.32 Å².